The van der Waals surface area contributed by atoms with Gasteiger partial charge in [0.2, 0.25) is 0 Å². The third-order valence-corrected chi connectivity index (χ3v) is 3.39. The summed E-state index contributed by atoms with van der Waals surface area (Å²) in [5, 5.41) is 0. The summed E-state index contributed by atoms with van der Waals surface area (Å²) >= 11 is 0. The number of benzene rings is 2. The lowest BCUT2D eigenvalue weighted by Gasteiger charge is -2.27. The Hall–Kier alpha value is -2.00. The molecule has 0 bridgehead atoms. The Morgan fingerprint density at radius 3 is 2.68 bits per heavy atom. The number of aryl methyl sites for hydroxylation is 1. The lowest BCUT2D eigenvalue weighted by Crippen LogP contribution is -2.35. The van der Waals surface area contributed by atoms with Gasteiger partial charge in [-0.1, -0.05) is 36.4 Å². The molecule has 3 rings (SSSR count). The standard InChI is InChI=1S/C16H17NO2/c1-11-5-2-3-6-13(11)14-7-4-8-15-16(14)19-12(9-17)10-18-15/h2-8,12H,9-10,17H2,1H3/t12-/m1/s1. The van der Waals surface area contributed by atoms with Crippen LogP contribution in [-0.4, -0.2) is 19.3 Å². The zero-order valence-corrected chi connectivity index (χ0v) is 10.9. The van der Waals surface area contributed by atoms with Gasteiger partial charge in [-0.05, 0) is 24.1 Å². The average Bonchev–Trinajstić information content (AvgIpc) is 2.47. The van der Waals surface area contributed by atoms with E-state index in [-0.39, 0.29) is 6.10 Å². The highest BCUT2D eigenvalue weighted by molar-refractivity contribution is 5.76. The summed E-state index contributed by atoms with van der Waals surface area (Å²) in [6.45, 7) is 3.07. The normalized spacial score (nSPS) is 17.3. The molecular weight excluding hydrogens is 238 g/mol. The van der Waals surface area contributed by atoms with Gasteiger partial charge in [-0.25, -0.2) is 0 Å². The molecule has 2 aromatic rings. The van der Waals surface area contributed by atoms with E-state index in [2.05, 4.69) is 25.1 Å². The summed E-state index contributed by atoms with van der Waals surface area (Å²) in [6.07, 6.45) is -0.0716. The summed E-state index contributed by atoms with van der Waals surface area (Å²) in [6, 6.07) is 14.2. The van der Waals surface area contributed by atoms with Crippen molar-refractivity contribution in [1.82, 2.24) is 0 Å². The first-order chi connectivity index (χ1) is 9.29. The van der Waals surface area contributed by atoms with Gasteiger partial charge in [0.05, 0.1) is 0 Å². The van der Waals surface area contributed by atoms with Gasteiger partial charge in [-0.3, -0.25) is 0 Å². The third kappa shape index (κ3) is 2.17. The number of fused-ring (bicyclic) bond motifs is 1. The van der Waals surface area contributed by atoms with E-state index in [0.29, 0.717) is 13.2 Å². The van der Waals surface area contributed by atoms with Crippen LogP contribution in [0.4, 0.5) is 0 Å². The maximum absolute atomic E-state index is 5.97. The molecule has 0 spiro atoms. The number of nitrogens with two attached hydrogens (primary N) is 1. The molecule has 0 aliphatic carbocycles. The number of ether oxygens (including phenoxy) is 2. The van der Waals surface area contributed by atoms with Gasteiger partial charge in [-0.2, -0.15) is 0 Å². The van der Waals surface area contributed by atoms with Crippen LogP contribution in [-0.2, 0) is 0 Å². The number of para-hydroxylation sites is 1. The van der Waals surface area contributed by atoms with Gasteiger partial charge in [0.15, 0.2) is 11.5 Å². The predicted molar refractivity (Wildman–Crippen MR) is 75.6 cm³/mol. The highest BCUT2D eigenvalue weighted by Gasteiger charge is 2.23. The van der Waals surface area contributed by atoms with Crippen molar-refractivity contribution in [2.45, 2.75) is 13.0 Å². The quantitative estimate of drug-likeness (QED) is 0.897. The molecular formula is C16H17NO2. The summed E-state index contributed by atoms with van der Waals surface area (Å²) in [4.78, 5) is 0. The molecule has 2 N–H and O–H groups in total. The van der Waals surface area contributed by atoms with E-state index >= 15 is 0 Å². The SMILES string of the molecule is Cc1ccccc1-c1cccc2c1O[C@H](CN)CO2. The molecule has 1 atom stereocenters. The highest BCUT2D eigenvalue weighted by Crippen LogP contribution is 2.41. The Morgan fingerprint density at radius 1 is 1.11 bits per heavy atom. The summed E-state index contributed by atoms with van der Waals surface area (Å²) in [5.41, 5.74) is 9.12. The minimum atomic E-state index is -0.0716. The van der Waals surface area contributed by atoms with Crippen molar-refractivity contribution in [2.75, 3.05) is 13.2 Å². The zero-order valence-electron chi connectivity index (χ0n) is 10.9. The molecule has 0 aromatic heterocycles. The van der Waals surface area contributed by atoms with E-state index in [9.17, 15) is 0 Å². The Morgan fingerprint density at radius 2 is 1.89 bits per heavy atom. The topological polar surface area (TPSA) is 44.5 Å². The van der Waals surface area contributed by atoms with Crippen LogP contribution in [0.1, 0.15) is 5.56 Å². The van der Waals surface area contributed by atoms with Crippen molar-refractivity contribution >= 4 is 0 Å². The van der Waals surface area contributed by atoms with E-state index in [1.54, 1.807) is 0 Å². The predicted octanol–water partition coefficient (Wildman–Crippen LogP) is 2.76. The van der Waals surface area contributed by atoms with Gasteiger partial charge in [0.1, 0.15) is 12.7 Å². The molecule has 0 fully saturated rings. The highest BCUT2D eigenvalue weighted by atomic mass is 16.6. The van der Waals surface area contributed by atoms with Crippen LogP contribution in [0.25, 0.3) is 11.1 Å². The molecule has 0 unspecified atom stereocenters. The second-order valence-electron chi connectivity index (χ2n) is 4.73. The lowest BCUT2D eigenvalue weighted by atomic mass is 9.99. The molecule has 98 valence electrons. The fraction of sp³-hybridized carbons (Fsp3) is 0.250. The minimum Gasteiger partial charge on any atom is -0.486 e. The Bertz CT molecular complexity index is 595. The maximum atomic E-state index is 5.97. The van der Waals surface area contributed by atoms with Crippen molar-refractivity contribution in [1.29, 1.82) is 0 Å². The van der Waals surface area contributed by atoms with Crippen molar-refractivity contribution in [3.05, 3.63) is 48.0 Å². The summed E-state index contributed by atoms with van der Waals surface area (Å²) in [7, 11) is 0. The largest absolute Gasteiger partial charge is 0.486 e. The van der Waals surface area contributed by atoms with Crippen LogP contribution < -0.4 is 15.2 Å². The van der Waals surface area contributed by atoms with Crippen molar-refractivity contribution < 1.29 is 9.47 Å². The van der Waals surface area contributed by atoms with E-state index in [1.165, 1.54) is 11.1 Å². The first-order valence-electron chi connectivity index (χ1n) is 6.48. The molecule has 1 aliphatic rings. The van der Waals surface area contributed by atoms with E-state index in [4.69, 9.17) is 15.2 Å². The molecule has 1 aliphatic heterocycles. The monoisotopic (exact) mass is 255 g/mol. The average molecular weight is 255 g/mol. The van der Waals surface area contributed by atoms with Crippen LogP contribution in [0.15, 0.2) is 42.5 Å². The Kier molecular flexibility index (Phi) is 3.13. The Balaban J connectivity index is 2.11. The maximum Gasteiger partial charge on any atom is 0.169 e. The van der Waals surface area contributed by atoms with Crippen LogP contribution in [0.2, 0.25) is 0 Å². The first-order valence-corrected chi connectivity index (χ1v) is 6.48. The van der Waals surface area contributed by atoms with E-state index < -0.39 is 0 Å². The zero-order chi connectivity index (χ0) is 13.2. The molecule has 0 saturated heterocycles. The molecule has 0 amide bonds. The second-order valence-corrected chi connectivity index (χ2v) is 4.73. The lowest BCUT2D eigenvalue weighted by molar-refractivity contribution is 0.0976. The van der Waals surface area contributed by atoms with E-state index in [1.807, 2.05) is 24.3 Å². The van der Waals surface area contributed by atoms with Gasteiger partial charge in [0.25, 0.3) is 0 Å². The first kappa shape index (κ1) is 12.1. The van der Waals surface area contributed by atoms with Crippen LogP contribution >= 0.6 is 0 Å². The third-order valence-electron chi connectivity index (χ3n) is 3.39. The van der Waals surface area contributed by atoms with E-state index in [0.717, 1.165) is 17.1 Å². The van der Waals surface area contributed by atoms with Crippen LogP contribution in [0.3, 0.4) is 0 Å². The molecule has 0 saturated carbocycles. The number of rotatable bonds is 2. The van der Waals surface area contributed by atoms with Crippen molar-refractivity contribution in [3.63, 3.8) is 0 Å². The van der Waals surface area contributed by atoms with Crippen molar-refractivity contribution in [2.24, 2.45) is 5.73 Å². The molecule has 0 radical (unpaired) electrons. The molecule has 1 heterocycles. The van der Waals surface area contributed by atoms with Crippen LogP contribution in [0, 0.1) is 6.92 Å². The second kappa shape index (κ2) is 4.94. The van der Waals surface area contributed by atoms with Gasteiger partial charge < -0.3 is 15.2 Å². The fourth-order valence-corrected chi connectivity index (χ4v) is 2.34. The van der Waals surface area contributed by atoms with Gasteiger partial charge in [-0.15, -0.1) is 0 Å². The van der Waals surface area contributed by atoms with Gasteiger partial charge in [0, 0.05) is 12.1 Å². The van der Waals surface area contributed by atoms with Crippen molar-refractivity contribution in [3.8, 4) is 22.6 Å². The molecule has 19 heavy (non-hydrogen) atoms. The van der Waals surface area contributed by atoms with Crippen LogP contribution in [0.5, 0.6) is 11.5 Å². The number of hydrogen-bond acceptors (Lipinski definition) is 3. The Labute approximate surface area is 113 Å². The summed E-state index contributed by atoms with van der Waals surface area (Å²) < 4.78 is 11.7. The number of hydrogen-bond donors (Lipinski definition) is 1. The fourth-order valence-electron chi connectivity index (χ4n) is 2.34. The molecule has 3 nitrogen and oxygen atoms in total. The van der Waals surface area contributed by atoms with Gasteiger partial charge >= 0.3 is 0 Å². The smallest absolute Gasteiger partial charge is 0.169 e. The molecule has 3 heteroatoms. The molecule has 2 aromatic carbocycles. The minimum absolute atomic E-state index is 0.0716. The summed E-state index contributed by atoms with van der Waals surface area (Å²) in [5.74, 6) is 1.60.